The SMILES string of the molecule is O=c1oc(-n2nnc3ccccc32)nc2ccccc12. The molecule has 0 amide bonds. The molecule has 0 aliphatic carbocycles. The van der Waals surface area contributed by atoms with E-state index in [1.54, 1.807) is 18.2 Å². The first-order valence-electron chi connectivity index (χ1n) is 6.04. The molecule has 0 unspecified atom stereocenters. The van der Waals surface area contributed by atoms with Gasteiger partial charge in [-0.1, -0.05) is 29.5 Å². The third kappa shape index (κ3) is 1.51. The highest BCUT2D eigenvalue weighted by atomic mass is 16.4. The van der Waals surface area contributed by atoms with Crippen LogP contribution in [-0.4, -0.2) is 20.0 Å². The lowest BCUT2D eigenvalue weighted by Gasteiger charge is -2.01. The zero-order valence-electron chi connectivity index (χ0n) is 10.2. The average molecular weight is 264 g/mol. The van der Waals surface area contributed by atoms with Crippen molar-refractivity contribution < 1.29 is 4.42 Å². The summed E-state index contributed by atoms with van der Waals surface area (Å²) in [6.45, 7) is 0. The van der Waals surface area contributed by atoms with E-state index in [-0.39, 0.29) is 6.01 Å². The van der Waals surface area contributed by atoms with Crippen LogP contribution < -0.4 is 5.63 Å². The first-order chi connectivity index (χ1) is 9.83. The minimum Gasteiger partial charge on any atom is -0.387 e. The van der Waals surface area contributed by atoms with E-state index >= 15 is 0 Å². The van der Waals surface area contributed by atoms with Gasteiger partial charge in [-0.3, -0.25) is 0 Å². The maximum atomic E-state index is 12.0. The molecular formula is C14H8N4O2. The van der Waals surface area contributed by atoms with Gasteiger partial charge in [-0.05, 0) is 24.3 Å². The number of hydrogen-bond acceptors (Lipinski definition) is 5. The molecule has 0 radical (unpaired) electrons. The van der Waals surface area contributed by atoms with Gasteiger partial charge in [0.2, 0.25) is 0 Å². The highest BCUT2D eigenvalue weighted by molar-refractivity contribution is 5.78. The van der Waals surface area contributed by atoms with Crippen molar-refractivity contribution in [2.45, 2.75) is 0 Å². The van der Waals surface area contributed by atoms with Gasteiger partial charge in [0.25, 0.3) is 0 Å². The van der Waals surface area contributed by atoms with Crippen molar-refractivity contribution in [1.82, 2.24) is 20.0 Å². The first-order valence-corrected chi connectivity index (χ1v) is 6.04. The largest absolute Gasteiger partial charge is 0.387 e. The number of para-hydroxylation sites is 2. The Morgan fingerprint density at radius 1 is 0.950 bits per heavy atom. The summed E-state index contributed by atoms with van der Waals surface area (Å²) in [6.07, 6.45) is 0. The van der Waals surface area contributed by atoms with Crippen molar-refractivity contribution in [3.63, 3.8) is 0 Å². The number of rotatable bonds is 1. The average Bonchev–Trinajstić information content (AvgIpc) is 2.91. The van der Waals surface area contributed by atoms with Gasteiger partial charge in [0.05, 0.1) is 16.4 Å². The standard InChI is InChI=1S/C14H8N4O2/c19-13-9-5-1-2-6-10(9)15-14(20-13)18-12-8-4-3-7-11(12)16-17-18/h1-8H. The molecule has 96 valence electrons. The third-order valence-electron chi connectivity index (χ3n) is 3.06. The summed E-state index contributed by atoms with van der Waals surface area (Å²) < 4.78 is 6.66. The molecule has 0 N–H and O–H groups in total. The molecule has 0 aliphatic rings. The van der Waals surface area contributed by atoms with Crippen molar-refractivity contribution in [3.8, 4) is 6.01 Å². The van der Waals surface area contributed by atoms with Crippen LogP contribution in [0, 0.1) is 0 Å². The summed E-state index contributed by atoms with van der Waals surface area (Å²) in [7, 11) is 0. The molecule has 6 heteroatoms. The Bertz CT molecular complexity index is 987. The summed E-state index contributed by atoms with van der Waals surface area (Å²) in [5.41, 5.74) is 1.58. The Morgan fingerprint density at radius 2 is 1.70 bits per heavy atom. The molecule has 20 heavy (non-hydrogen) atoms. The lowest BCUT2D eigenvalue weighted by atomic mass is 10.2. The zero-order chi connectivity index (χ0) is 13.5. The van der Waals surface area contributed by atoms with E-state index in [0.29, 0.717) is 16.4 Å². The van der Waals surface area contributed by atoms with Crippen LogP contribution in [0.25, 0.3) is 28.0 Å². The molecule has 2 heterocycles. The Hall–Kier alpha value is -3.02. The van der Waals surface area contributed by atoms with Gasteiger partial charge in [-0.2, -0.15) is 9.67 Å². The molecule has 0 saturated heterocycles. The maximum Gasteiger partial charge on any atom is 0.348 e. The van der Waals surface area contributed by atoms with Crippen LogP contribution in [0.2, 0.25) is 0 Å². The number of nitrogens with zero attached hydrogens (tertiary/aromatic N) is 4. The minimum absolute atomic E-state index is 0.113. The predicted octanol–water partition coefficient (Wildman–Crippen LogP) is 1.92. The highest BCUT2D eigenvalue weighted by Crippen LogP contribution is 2.15. The second-order valence-electron chi connectivity index (χ2n) is 4.29. The molecule has 6 nitrogen and oxygen atoms in total. The first kappa shape index (κ1) is 10.9. The van der Waals surface area contributed by atoms with Gasteiger partial charge in [0, 0.05) is 0 Å². The summed E-state index contributed by atoms with van der Waals surface area (Å²) in [5, 5.41) is 8.45. The lowest BCUT2D eigenvalue weighted by molar-refractivity contribution is 0.462. The molecule has 0 saturated carbocycles. The predicted molar refractivity (Wildman–Crippen MR) is 72.7 cm³/mol. The summed E-state index contributed by atoms with van der Waals surface area (Å²) in [6, 6.07) is 14.5. The molecule has 0 atom stereocenters. The quantitative estimate of drug-likeness (QED) is 0.525. The van der Waals surface area contributed by atoms with Crippen LogP contribution >= 0.6 is 0 Å². The molecule has 2 aromatic heterocycles. The fraction of sp³-hybridized carbons (Fsp3) is 0. The van der Waals surface area contributed by atoms with Crippen LogP contribution in [-0.2, 0) is 0 Å². The van der Waals surface area contributed by atoms with Crippen molar-refractivity contribution in [3.05, 3.63) is 59.0 Å². The Balaban J connectivity index is 2.05. The number of benzene rings is 2. The van der Waals surface area contributed by atoms with E-state index in [0.717, 1.165) is 5.52 Å². The van der Waals surface area contributed by atoms with Crippen LogP contribution in [0.15, 0.2) is 57.7 Å². The Morgan fingerprint density at radius 3 is 2.60 bits per heavy atom. The van der Waals surface area contributed by atoms with E-state index in [4.69, 9.17) is 4.42 Å². The molecule has 4 rings (SSSR count). The van der Waals surface area contributed by atoms with Crippen LogP contribution in [0.4, 0.5) is 0 Å². The van der Waals surface area contributed by atoms with Crippen LogP contribution in [0.3, 0.4) is 0 Å². The minimum atomic E-state index is -0.440. The van der Waals surface area contributed by atoms with Gasteiger partial charge in [-0.15, -0.1) is 5.10 Å². The molecule has 4 aromatic rings. The zero-order valence-corrected chi connectivity index (χ0v) is 10.2. The van der Waals surface area contributed by atoms with Crippen LogP contribution in [0.1, 0.15) is 0 Å². The normalized spacial score (nSPS) is 11.2. The Labute approximate surface area is 112 Å². The van der Waals surface area contributed by atoms with E-state index in [1.807, 2.05) is 30.3 Å². The van der Waals surface area contributed by atoms with Crippen molar-refractivity contribution in [1.29, 1.82) is 0 Å². The highest BCUT2D eigenvalue weighted by Gasteiger charge is 2.12. The second kappa shape index (κ2) is 3.99. The molecule has 0 spiro atoms. The number of hydrogen-bond donors (Lipinski definition) is 0. The Kier molecular flexibility index (Phi) is 2.17. The fourth-order valence-electron chi connectivity index (χ4n) is 2.11. The van der Waals surface area contributed by atoms with Gasteiger partial charge >= 0.3 is 11.6 Å². The van der Waals surface area contributed by atoms with Gasteiger partial charge in [0.15, 0.2) is 0 Å². The molecular weight excluding hydrogens is 256 g/mol. The van der Waals surface area contributed by atoms with Gasteiger partial charge < -0.3 is 4.42 Å². The lowest BCUT2D eigenvalue weighted by Crippen LogP contribution is -2.08. The number of fused-ring (bicyclic) bond motifs is 2. The van der Waals surface area contributed by atoms with Gasteiger partial charge in [0.1, 0.15) is 5.52 Å². The summed E-state index contributed by atoms with van der Waals surface area (Å²) in [4.78, 5) is 16.3. The van der Waals surface area contributed by atoms with E-state index < -0.39 is 5.63 Å². The number of aromatic nitrogens is 4. The van der Waals surface area contributed by atoms with Gasteiger partial charge in [-0.25, -0.2) is 4.79 Å². The van der Waals surface area contributed by atoms with Crippen molar-refractivity contribution in [2.75, 3.05) is 0 Å². The van der Waals surface area contributed by atoms with Crippen molar-refractivity contribution in [2.24, 2.45) is 0 Å². The van der Waals surface area contributed by atoms with E-state index in [9.17, 15) is 4.79 Å². The van der Waals surface area contributed by atoms with Crippen LogP contribution in [0.5, 0.6) is 0 Å². The second-order valence-corrected chi connectivity index (χ2v) is 4.29. The van der Waals surface area contributed by atoms with E-state index in [1.165, 1.54) is 4.68 Å². The molecule has 0 aliphatic heterocycles. The fourth-order valence-corrected chi connectivity index (χ4v) is 2.11. The van der Waals surface area contributed by atoms with Crippen molar-refractivity contribution >= 4 is 21.9 Å². The molecule has 2 aromatic carbocycles. The smallest absolute Gasteiger partial charge is 0.348 e. The monoisotopic (exact) mass is 264 g/mol. The third-order valence-corrected chi connectivity index (χ3v) is 3.06. The maximum absolute atomic E-state index is 12.0. The molecule has 0 fully saturated rings. The van der Waals surface area contributed by atoms with E-state index in [2.05, 4.69) is 15.3 Å². The summed E-state index contributed by atoms with van der Waals surface area (Å²) in [5.74, 6) is 0. The summed E-state index contributed by atoms with van der Waals surface area (Å²) >= 11 is 0. The molecule has 0 bridgehead atoms. The topological polar surface area (TPSA) is 73.8 Å².